The Morgan fingerprint density at radius 3 is 2.88 bits per heavy atom. The quantitative estimate of drug-likeness (QED) is 0.860. The molecule has 0 aromatic carbocycles. The Balaban J connectivity index is 2.12. The third-order valence-corrected chi connectivity index (χ3v) is 3.16. The third kappa shape index (κ3) is 1.79. The lowest BCUT2D eigenvalue weighted by Crippen LogP contribution is -2.11. The van der Waals surface area contributed by atoms with Gasteiger partial charge in [-0.1, -0.05) is 0 Å². The van der Waals surface area contributed by atoms with Crippen molar-refractivity contribution in [3.63, 3.8) is 0 Å². The van der Waals surface area contributed by atoms with E-state index in [0.29, 0.717) is 5.82 Å². The van der Waals surface area contributed by atoms with E-state index in [2.05, 4.69) is 15.3 Å². The van der Waals surface area contributed by atoms with Gasteiger partial charge in [0.05, 0.1) is 6.26 Å². The summed E-state index contributed by atoms with van der Waals surface area (Å²) in [6.07, 6.45) is 6.21. The van der Waals surface area contributed by atoms with Gasteiger partial charge in [-0.2, -0.15) is 0 Å². The van der Waals surface area contributed by atoms with E-state index < -0.39 is 0 Å². The van der Waals surface area contributed by atoms with Gasteiger partial charge < -0.3 is 9.73 Å². The molecule has 0 radical (unpaired) electrons. The van der Waals surface area contributed by atoms with Gasteiger partial charge in [0.1, 0.15) is 5.82 Å². The van der Waals surface area contributed by atoms with Gasteiger partial charge in [0.2, 0.25) is 0 Å². The Kier molecular flexibility index (Phi) is 2.55. The number of nitrogens with zero attached hydrogens (tertiary/aromatic N) is 2. The number of hydrogen-bond donors (Lipinski definition) is 1. The summed E-state index contributed by atoms with van der Waals surface area (Å²) >= 11 is 0. The molecule has 0 saturated heterocycles. The van der Waals surface area contributed by atoms with E-state index in [9.17, 15) is 0 Å². The number of rotatable bonds is 2. The third-order valence-electron chi connectivity index (χ3n) is 3.16. The van der Waals surface area contributed by atoms with Crippen molar-refractivity contribution in [2.24, 2.45) is 0 Å². The SMILES string of the molecule is CNc1nc(-c2ccco2)nc2c1CCCC2. The van der Waals surface area contributed by atoms with Crippen LogP contribution in [-0.2, 0) is 12.8 Å². The zero-order valence-corrected chi connectivity index (χ0v) is 9.86. The van der Waals surface area contributed by atoms with E-state index in [1.165, 1.54) is 24.1 Å². The van der Waals surface area contributed by atoms with Crippen molar-refractivity contribution in [2.75, 3.05) is 12.4 Å². The highest BCUT2D eigenvalue weighted by molar-refractivity contribution is 5.55. The predicted octanol–water partition coefficient (Wildman–Crippen LogP) is 2.66. The Morgan fingerprint density at radius 1 is 1.24 bits per heavy atom. The molecule has 1 aliphatic rings. The summed E-state index contributed by atoms with van der Waals surface area (Å²) in [5, 5.41) is 3.16. The number of aromatic nitrogens is 2. The molecular weight excluding hydrogens is 214 g/mol. The molecule has 2 heterocycles. The molecule has 88 valence electrons. The number of aryl methyl sites for hydroxylation is 1. The van der Waals surface area contributed by atoms with Crippen molar-refractivity contribution in [1.82, 2.24) is 9.97 Å². The maximum absolute atomic E-state index is 5.36. The fourth-order valence-corrected chi connectivity index (χ4v) is 2.32. The molecule has 2 aromatic heterocycles. The van der Waals surface area contributed by atoms with Crippen LogP contribution in [0.5, 0.6) is 0 Å². The topological polar surface area (TPSA) is 51.0 Å². The van der Waals surface area contributed by atoms with Crippen molar-refractivity contribution in [3.05, 3.63) is 29.7 Å². The minimum atomic E-state index is 0.681. The van der Waals surface area contributed by atoms with Gasteiger partial charge in [-0.05, 0) is 37.8 Å². The summed E-state index contributed by atoms with van der Waals surface area (Å²) in [6.45, 7) is 0. The van der Waals surface area contributed by atoms with Gasteiger partial charge in [-0.25, -0.2) is 9.97 Å². The van der Waals surface area contributed by atoms with Crippen LogP contribution < -0.4 is 5.32 Å². The van der Waals surface area contributed by atoms with Crippen LogP contribution in [0.4, 0.5) is 5.82 Å². The van der Waals surface area contributed by atoms with Gasteiger partial charge in [0.15, 0.2) is 11.6 Å². The first-order chi connectivity index (χ1) is 8.38. The number of furan rings is 1. The lowest BCUT2D eigenvalue weighted by Gasteiger charge is -2.18. The molecule has 1 N–H and O–H groups in total. The predicted molar refractivity (Wildman–Crippen MR) is 65.9 cm³/mol. The van der Waals surface area contributed by atoms with E-state index in [-0.39, 0.29) is 0 Å². The number of nitrogens with one attached hydrogen (secondary N) is 1. The Morgan fingerprint density at radius 2 is 2.12 bits per heavy atom. The van der Waals surface area contributed by atoms with Gasteiger partial charge >= 0.3 is 0 Å². The Labute approximate surface area is 100 Å². The van der Waals surface area contributed by atoms with E-state index in [0.717, 1.165) is 24.4 Å². The molecule has 2 aromatic rings. The van der Waals surface area contributed by atoms with Gasteiger partial charge in [-0.3, -0.25) is 0 Å². The normalized spacial score (nSPS) is 14.4. The second-order valence-electron chi connectivity index (χ2n) is 4.26. The van der Waals surface area contributed by atoms with Crippen molar-refractivity contribution in [2.45, 2.75) is 25.7 Å². The average molecular weight is 229 g/mol. The van der Waals surface area contributed by atoms with Gasteiger partial charge in [-0.15, -0.1) is 0 Å². The number of fused-ring (bicyclic) bond motifs is 1. The highest BCUT2D eigenvalue weighted by atomic mass is 16.3. The summed E-state index contributed by atoms with van der Waals surface area (Å²) in [6, 6.07) is 3.75. The van der Waals surface area contributed by atoms with Crippen LogP contribution in [0.2, 0.25) is 0 Å². The lowest BCUT2D eigenvalue weighted by atomic mass is 9.96. The molecule has 0 fully saturated rings. The van der Waals surface area contributed by atoms with Gasteiger partial charge in [0, 0.05) is 18.3 Å². The second-order valence-corrected chi connectivity index (χ2v) is 4.26. The summed E-state index contributed by atoms with van der Waals surface area (Å²) in [7, 11) is 1.91. The molecular formula is C13H15N3O. The molecule has 4 heteroatoms. The standard InChI is InChI=1S/C13H15N3O/c1-14-12-9-5-2-3-6-10(9)15-13(16-12)11-7-4-8-17-11/h4,7-8H,2-3,5-6H2,1H3,(H,14,15,16). The number of hydrogen-bond acceptors (Lipinski definition) is 4. The van der Waals surface area contributed by atoms with Crippen LogP contribution in [0.3, 0.4) is 0 Å². The van der Waals surface area contributed by atoms with E-state index in [4.69, 9.17) is 4.42 Å². The van der Waals surface area contributed by atoms with Crippen LogP contribution in [0, 0.1) is 0 Å². The fraction of sp³-hybridized carbons (Fsp3) is 0.385. The summed E-state index contributed by atoms with van der Waals surface area (Å²) in [5.41, 5.74) is 2.44. The van der Waals surface area contributed by atoms with Gasteiger partial charge in [0.25, 0.3) is 0 Å². The second kappa shape index (κ2) is 4.20. The molecule has 0 bridgehead atoms. The highest BCUT2D eigenvalue weighted by Crippen LogP contribution is 2.28. The molecule has 4 nitrogen and oxygen atoms in total. The van der Waals surface area contributed by atoms with E-state index >= 15 is 0 Å². The average Bonchev–Trinajstić information content (AvgIpc) is 2.91. The van der Waals surface area contributed by atoms with Crippen LogP contribution in [-0.4, -0.2) is 17.0 Å². The van der Waals surface area contributed by atoms with Crippen molar-refractivity contribution >= 4 is 5.82 Å². The smallest absolute Gasteiger partial charge is 0.197 e. The van der Waals surface area contributed by atoms with Crippen molar-refractivity contribution < 1.29 is 4.42 Å². The Bertz CT molecular complexity index is 502. The molecule has 3 rings (SSSR count). The number of anilines is 1. The first kappa shape index (κ1) is 10.3. The Hall–Kier alpha value is -1.84. The summed E-state index contributed by atoms with van der Waals surface area (Å²) in [5.74, 6) is 2.36. The molecule has 0 spiro atoms. The fourth-order valence-electron chi connectivity index (χ4n) is 2.32. The zero-order chi connectivity index (χ0) is 11.7. The van der Waals surface area contributed by atoms with Crippen LogP contribution >= 0.6 is 0 Å². The molecule has 0 amide bonds. The van der Waals surface area contributed by atoms with Crippen molar-refractivity contribution in [3.8, 4) is 11.6 Å². The molecule has 0 unspecified atom stereocenters. The summed E-state index contributed by atoms with van der Waals surface area (Å²) in [4.78, 5) is 9.15. The van der Waals surface area contributed by atoms with E-state index in [1.54, 1.807) is 6.26 Å². The molecule has 0 atom stereocenters. The first-order valence-electron chi connectivity index (χ1n) is 6.00. The van der Waals surface area contributed by atoms with Crippen LogP contribution in [0.25, 0.3) is 11.6 Å². The minimum absolute atomic E-state index is 0.681. The summed E-state index contributed by atoms with van der Waals surface area (Å²) < 4.78 is 5.36. The maximum atomic E-state index is 5.36. The molecule has 17 heavy (non-hydrogen) atoms. The molecule has 0 saturated carbocycles. The monoisotopic (exact) mass is 229 g/mol. The largest absolute Gasteiger partial charge is 0.461 e. The van der Waals surface area contributed by atoms with Crippen LogP contribution in [0.1, 0.15) is 24.1 Å². The molecule has 0 aliphatic heterocycles. The highest BCUT2D eigenvalue weighted by Gasteiger charge is 2.18. The molecule has 1 aliphatic carbocycles. The zero-order valence-electron chi connectivity index (χ0n) is 9.86. The maximum Gasteiger partial charge on any atom is 0.197 e. The lowest BCUT2D eigenvalue weighted by molar-refractivity contribution is 0.575. The van der Waals surface area contributed by atoms with Crippen LogP contribution in [0.15, 0.2) is 22.8 Å². The van der Waals surface area contributed by atoms with E-state index in [1.807, 2.05) is 19.2 Å². The van der Waals surface area contributed by atoms with Crippen molar-refractivity contribution in [1.29, 1.82) is 0 Å². The first-order valence-corrected chi connectivity index (χ1v) is 6.00. The minimum Gasteiger partial charge on any atom is -0.461 e.